The second-order valence-corrected chi connectivity index (χ2v) is 5.54. The molecule has 0 aliphatic heterocycles. The maximum Gasteiger partial charge on any atom is 0.309 e. The average molecular weight is 284 g/mol. The third-order valence-electron chi connectivity index (χ3n) is 3.63. The molecule has 20 heavy (non-hydrogen) atoms. The third kappa shape index (κ3) is 12.2. The van der Waals surface area contributed by atoms with E-state index in [2.05, 4.69) is 6.92 Å². The SMILES string of the molecule is CCCCCCCCCCC/C=C/CC(CO)C(=O)O. The highest BCUT2D eigenvalue weighted by molar-refractivity contribution is 5.70. The molecule has 0 aromatic heterocycles. The minimum Gasteiger partial charge on any atom is -0.481 e. The van der Waals surface area contributed by atoms with Crippen molar-refractivity contribution in [3.63, 3.8) is 0 Å². The molecule has 2 N–H and O–H groups in total. The van der Waals surface area contributed by atoms with Crippen LogP contribution in [0.15, 0.2) is 12.2 Å². The first-order valence-corrected chi connectivity index (χ1v) is 8.21. The Kier molecular flexibility index (Phi) is 14.0. The number of rotatable bonds is 14. The largest absolute Gasteiger partial charge is 0.481 e. The number of unbranched alkanes of at least 4 members (excludes halogenated alkanes) is 9. The van der Waals surface area contributed by atoms with Crippen LogP contribution in [0.4, 0.5) is 0 Å². The fraction of sp³-hybridized carbons (Fsp3) is 0.824. The van der Waals surface area contributed by atoms with Gasteiger partial charge in [0, 0.05) is 0 Å². The fourth-order valence-corrected chi connectivity index (χ4v) is 2.20. The molecular formula is C17H32O3. The van der Waals surface area contributed by atoms with Crippen molar-refractivity contribution in [3.05, 3.63) is 12.2 Å². The van der Waals surface area contributed by atoms with Crippen molar-refractivity contribution in [2.75, 3.05) is 6.61 Å². The molecule has 0 aliphatic rings. The van der Waals surface area contributed by atoms with Gasteiger partial charge in [-0.25, -0.2) is 0 Å². The number of hydrogen-bond acceptors (Lipinski definition) is 2. The van der Waals surface area contributed by atoms with Crippen LogP contribution in [0.5, 0.6) is 0 Å². The molecule has 1 unspecified atom stereocenters. The summed E-state index contributed by atoms with van der Waals surface area (Å²) < 4.78 is 0. The first kappa shape index (κ1) is 19.2. The Morgan fingerprint density at radius 2 is 1.50 bits per heavy atom. The highest BCUT2D eigenvalue weighted by Gasteiger charge is 2.13. The van der Waals surface area contributed by atoms with Gasteiger partial charge in [0.2, 0.25) is 0 Å². The maximum absolute atomic E-state index is 10.7. The molecule has 0 bridgehead atoms. The number of carbonyl (C=O) groups is 1. The van der Waals surface area contributed by atoms with Gasteiger partial charge < -0.3 is 10.2 Å². The fourth-order valence-electron chi connectivity index (χ4n) is 2.20. The Balaban J connectivity index is 3.29. The van der Waals surface area contributed by atoms with Crippen molar-refractivity contribution >= 4 is 5.97 Å². The second-order valence-electron chi connectivity index (χ2n) is 5.54. The van der Waals surface area contributed by atoms with Gasteiger partial charge in [-0.1, -0.05) is 70.4 Å². The Bertz CT molecular complexity index is 249. The molecule has 0 spiro atoms. The number of allylic oxidation sites excluding steroid dienone is 2. The maximum atomic E-state index is 10.7. The van der Waals surface area contributed by atoms with Crippen LogP contribution >= 0.6 is 0 Å². The van der Waals surface area contributed by atoms with Crippen LogP contribution in [0.2, 0.25) is 0 Å². The first-order chi connectivity index (χ1) is 9.72. The van der Waals surface area contributed by atoms with E-state index in [1.807, 2.05) is 12.2 Å². The zero-order valence-electron chi connectivity index (χ0n) is 13.0. The smallest absolute Gasteiger partial charge is 0.309 e. The summed E-state index contributed by atoms with van der Waals surface area (Å²) in [6.45, 7) is 1.96. The summed E-state index contributed by atoms with van der Waals surface area (Å²) in [4.78, 5) is 10.7. The molecule has 118 valence electrons. The van der Waals surface area contributed by atoms with Crippen molar-refractivity contribution in [3.8, 4) is 0 Å². The number of aliphatic carboxylic acids is 1. The average Bonchev–Trinajstić information content (AvgIpc) is 2.43. The number of carboxylic acid groups (broad SMARTS) is 1. The Labute approximate surface area is 124 Å². The quantitative estimate of drug-likeness (QED) is 0.363. The summed E-state index contributed by atoms with van der Waals surface area (Å²) in [7, 11) is 0. The Hall–Kier alpha value is -0.830. The van der Waals surface area contributed by atoms with Crippen molar-refractivity contribution in [2.24, 2.45) is 5.92 Å². The summed E-state index contributed by atoms with van der Waals surface area (Å²) in [5.74, 6) is -1.56. The first-order valence-electron chi connectivity index (χ1n) is 8.21. The summed E-state index contributed by atoms with van der Waals surface area (Å²) >= 11 is 0. The van der Waals surface area contributed by atoms with Gasteiger partial charge in [0.05, 0.1) is 12.5 Å². The molecule has 0 rings (SSSR count). The Morgan fingerprint density at radius 1 is 0.950 bits per heavy atom. The van der Waals surface area contributed by atoms with E-state index in [4.69, 9.17) is 10.2 Å². The van der Waals surface area contributed by atoms with E-state index in [1.54, 1.807) is 0 Å². The van der Waals surface area contributed by atoms with E-state index in [9.17, 15) is 4.79 Å². The molecule has 3 heteroatoms. The minimum atomic E-state index is -0.916. The summed E-state index contributed by atoms with van der Waals surface area (Å²) in [5.41, 5.74) is 0. The molecular weight excluding hydrogens is 252 g/mol. The van der Waals surface area contributed by atoms with Gasteiger partial charge in [-0.15, -0.1) is 0 Å². The Morgan fingerprint density at radius 3 is 2.00 bits per heavy atom. The molecule has 3 nitrogen and oxygen atoms in total. The molecule has 0 saturated carbocycles. The standard InChI is InChI=1S/C17H32O3/c1-2-3-4-5-6-7-8-9-10-11-12-13-14-16(15-18)17(19)20/h12-13,16,18H,2-11,14-15H2,1H3,(H,19,20)/b13-12+. The molecule has 0 aromatic carbocycles. The lowest BCUT2D eigenvalue weighted by Crippen LogP contribution is -2.16. The molecule has 1 atom stereocenters. The lowest BCUT2D eigenvalue weighted by atomic mass is 10.0. The predicted molar refractivity (Wildman–Crippen MR) is 83.8 cm³/mol. The molecule has 0 aromatic rings. The molecule has 0 heterocycles. The van der Waals surface area contributed by atoms with Gasteiger partial charge in [-0.3, -0.25) is 4.79 Å². The van der Waals surface area contributed by atoms with Crippen molar-refractivity contribution in [1.82, 2.24) is 0 Å². The van der Waals surface area contributed by atoms with Crippen LogP contribution in [-0.4, -0.2) is 22.8 Å². The van der Waals surface area contributed by atoms with Crippen LogP contribution in [0.1, 0.15) is 77.6 Å². The minimum absolute atomic E-state index is 0.280. The van der Waals surface area contributed by atoms with Gasteiger partial charge in [-0.2, -0.15) is 0 Å². The number of aliphatic hydroxyl groups excluding tert-OH is 1. The van der Waals surface area contributed by atoms with Crippen molar-refractivity contribution in [1.29, 1.82) is 0 Å². The monoisotopic (exact) mass is 284 g/mol. The van der Waals surface area contributed by atoms with Gasteiger partial charge in [0.1, 0.15) is 0 Å². The van der Waals surface area contributed by atoms with E-state index in [0.29, 0.717) is 6.42 Å². The number of hydrogen-bond donors (Lipinski definition) is 2. The van der Waals surface area contributed by atoms with E-state index in [0.717, 1.165) is 6.42 Å². The summed E-state index contributed by atoms with van der Waals surface area (Å²) in [6.07, 6.45) is 17.3. The second kappa shape index (κ2) is 14.6. The molecule has 0 saturated heterocycles. The third-order valence-corrected chi connectivity index (χ3v) is 3.63. The molecule has 0 radical (unpaired) electrons. The summed E-state index contributed by atoms with van der Waals surface area (Å²) in [5, 5.41) is 17.6. The zero-order chi connectivity index (χ0) is 15.1. The van der Waals surface area contributed by atoms with Crippen molar-refractivity contribution in [2.45, 2.75) is 77.6 Å². The van der Waals surface area contributed by atoms with Crippen LogP contribution < -0.4 is 0 Å². The van der Waals surface area contributed by atoms with Crippen LogP contribution in [0.25, 0.3) is 0 Å². The predicted octanol–water partition coefficient (Wildman–Crippen LogP) is 4.55. The lowest BCUT2D eigenvalue weighted by molar-refractivity contribution is -0.142. The zero-order valence-corrected chi connectivity index (χ0v) is 13.0. The van der Waals surface area contributed by atoms with E-state index < -0.39 is 11.9 Å². The van der Waals surface area contributed by atoms with Gasteiger partial charge >= 0.3 is 5.97 Å². The summed E-state index contributed by atoms with van der Waals surface area (Å²) in [6, 6.07) is 0. The topological polar surface area (TPSA) is 57.5 Å². The molecule has 0 fully saturated rings. The van der Waals surface area contributed by atoms with Gasteiger partial charge in [-0.05, 0) is 19.3 Å². The highest BCUT2D eigenvalue weighted by Crippen LogP contribution is 2.11. The van der Waals surface area contributed by atoms with E-state index >= 15 is 0 Å². The van der Waals surface area contributed by atoms with Crippen LogP contribution in [-0.2, 0) is 4.79 Å². The molecule has 0 aliphatic carbocycles. The lowest BCUT2D eigenvalue weighted by Gasteiger charge is -2.04. The molecule has 0 amide bonds. The highest BCUT2D eigenvalue weighted by atomic mass is 16.4. The van der Waals surface area contributed by atoms with Gasteiger partial charge in [0.25, 0.3) is 0 Å². The van der Waals surface area contributed by atoms with Crippen LogP contribution in [0, 0.1) is 5.92 Å². The van der Waals surface area contributed by atoms with Crippen molar-refractivity contribution < 1.29 is 15.0 Å². The number of aliphatic hydroxyl groups is 1. The van der Waals surface area contributed by atoms with E-state index in [-0.39, 0.29) is 6.61 Å². The normalized spacial score (nSPS) is 12.9. The van der Waals surface area contributed by atoms with E-state index in [1.165, 1.54) is 57.8 Å². The van der Waals surface area contributed by atoms with Gasteiger partial charge in [0.15, 0.2) is 0 Å². The van der Waals surface area contributed by atoms with Crippen LogP contribution in [0.3, 0.4) is 0 Å². The number of carboxylic acids is 1.